The Bertz CT molecular complexity index is 587. The van der Waals surface area contributed by atoms with Crippen molar-refractivity contribution in [3.63, 3.8) is 0 Å². The molecule has 2 aromatic rings. The highest BCUT2D eigenvalue weighted by Gasteiger charge is 2.19. The van der Waals surface area contributed by atoms with Crippen LogP contribution in [0.4, 0.5) is 0 Å². The molecular weight excluding hydrogens is 216 g/mol. The van der Waals surface area contributed by atoms with Crippen LogP contribution in [0.2, 0.25) is 0 Å². The Hall–Kier alpha value is -1.84. The predicted octanol–water partition coefficient (Wildman–Crippen LogP) is 2.49. The fourth-order valence-corrected chi connectivity index (χ4v) is 1.42. The van der Waals surface area contributed by atoms with Gasteiger partial charge in [0, 0.05) is 0 Å². The van der Waals surface area contributed by atoms with Crippen LogP contribution < -0.4 is 10.3 Å². The number of benzene rings is 1. The van der Waals surface area contributed by atoms with Crippen LogP contribution >= 0.6 is 0 Å². The number of hydrogen-bond acceptors (Lipinski definition) is 3. The summed E-state index contributed by atoms with van der Waals surface area (Å²) in [6.07, 6.45) is 0.806. The summed E-state index contributed by atoms with van der Waals surface area (Å²) in [7, 11) is 0. The summed E-state index contributed by atoms with van der Waals surface area (Å²) in [4.78, 5) is 18.8. The lowest BCUT2D eigenvalue weighted by Gasteiger charge is -2.23. The minimum absolute atomic E-state index is 0.135. The highest BCUT2D eigenvalue weighted by molar-refractivity contribution is 5.73. The van der Waals surface area contributed by atoms with Gasteiger partial charge in [-0.05, 0) is 32.4 Å². The first-order valence-corrected chi connectivity index (χ1v) is 5.70. The zero-order valence-corrected chi connectivity index (χ0v) is 10.3. The molecule has 0 aliphatic rings. The van der Waals surface area contributed by atoms with Gasteiger partial charge in [-0.15, -0.1) is 0 Å². The Morgan fingerprint density at radius 1 is 1.35 bits per heavy atom. The SMILES string of the molecule is CCC(C)(C)Oc1nc2ccccc2[nH]c1=O. The van der Waals surface area contributed by atoms with E-state index < -0.39 is 0 Å². The van der Waals surface area contributed by atoms with Crippen LogP contribution in [0.3, 0.4) is 0 Å². The Balaban J connectivity index is 2.48. The number of rotatable bonds is 3. The minimum Gasteiger partial charge on any atom is -0.468 e. The number of fused-ring (bicyclic) bond motifs is 1. The van der Waals surface area contributed by atoms with E-state index in [0.717, 1.165) is 17.5 Å². The van der Waals surface area contributed by atoms with Gasteiger partial charge in [0.2, 0.25) is 0 Å². The lowest BCUT2D eigenvalue weighted by Crippen LogP contribution is -2.30. The Morgan fingerprint density at radius 3 is 2.76 bits per heavy atom. The molecule has 0 saturated carbocycles. The smallest absolute Gasteiger partial charge is 0.311 e. The molecule has 0 saturated heterocycles. The van der Waals surface area contributed by atoms with Crippen molar-refractivity contribution < 1.29 is 4.74 Å². The van der Waals surface area contributed by atoms with Gasteiger partial charge in [-0.1, -0.05) is 19.1 Å². The number of hydrogen-bond donors (Lipinski definition) is 1. The second-order valence-electron chi connectivity index (χ2n) is 4.60. The van der Waals surface area contributed by atoms with Crippen LogP contribution in [0, 0.1) is 0 Å². The third kappa shape index (κ3) is 2.46. The zero-order valence-electron chi connectivity index (χ0n) is 10.3. The summed E-state index contributed by atoms with van der Waals surface area (Å²) >= 11 is 0. The lowest BCUT2D eigenvalue weighted by atomic mass is 10.1. The molecule has 1 N–H and O–H groups in total. The van der Waals surface area contributed by atoms with Crippen molar-refractivity contribution in [3.05, 3.63) is 34.6 Å². The van der Waals surface area contributed by atoms with Gasteiger partial charge in [-0.25, -0.2) is 4.98 Å². The van der Waals surface area contributed by atoms with Gasteiger partial charge >= 0.3 is 5.56 Å². The van der Waals surface area contributed by atoms with E-state index in [-0.39, 0.29) is 17.0 Å². The molecular formula is C13H16N2O2. The number of nitrogens with one attached hydrogen (secondary N) is 1. The standard InChI is InChI=1S/C13H16N2O2/c1-4-13(2,3)17-12-11(16)14-9-7-5-6-8-10(9)15-12/h5-8H,4H2,1-3H3,(H,14,16). The molecule has 1 heterocycles. The van der Waals surface area contributed by atoms with Gasteiger partial charge in [-0.3, -0.25) is 4.79 Å². The third-order valence-corrected chi connectivity index (χ3v) is 2.79. The van der Waals surface area contributed by atoms with Crippen LogP contribution in [-0.2, 0) is 0 Å². The summed E-state index contributed by atoms with van der Waals surface area (Å²) in [6.45, 7) is 5.88. The molecule has 0 fully saturated rings. The number of aromatic amines is 1. The van der Waals surface area contributed by atoms with Gasteiger partial charge in [0.15, 0.2) is 0 Å². The van der Waals surface area contributed by atoms with E-state index in [1.54, 1.807) is 0 Å². The molecule has 4 heteroatoms. The van der Waals surface area contributed by atoms with Crippen LogP contribution in [-0.4, -0.2) is 15.6 Å². The van der Waals surface area contributed by atoms with E-state index >= 15 is 0 Å². The summed E-state index contributed by atoms with van der Waals surface area (Å²) < 4.78 is 5.64. The molecule has 0 atom stereocenters. The van der Waals surface area contributed by atoms with Gasteiger partial charge in [0.25, 0.3) is 5.88 Å². The summed E-state index contributed by atoms with van der Waals surface area (Å²) in [5, 5.41) is 0. The molecule has 0 unspecified atom stereocenters. The number of para-hydroxylation sites is 2. The number of aromatic nitrogens is 2. The average Bonchev–Trinajstić information content (AvgIpc) is 2.30. The van der Waals surface area contributed by atoms with Crippen LogP contribution in [0.15, 0.2) is 29.1 Å². The van der Waals surface area contributed by atoms with Crippen LogP contribution in [0.5, 0.6) is 5.88 Å². The first-order chi connectivity index (χ1) is 8.02. The fraction of sp³-hybridized carbons (Fsp3) is 0.385. The van der Waals surface area contributed by atoms with Gasteiger partial charge in [0.05, 0.1) is 11.0 Å². The minimum atomic E-state index is -0.386. The molecule has 0 bridgehead atoms. The van der Waals surface area contributed by atoms with E-state index in [2.05, 4.69) is 9.97 Å². The predicted molar refractivity (Wildman–Crippen MR) is 67.4 cm³/mol. The molecule has 0 radical (unpaired) electrons. The molecule has 4 nitrogen and oxygen atoms in total. The first-order valence-electron chi connectivity index (χ1n) is 5.70. The van der Waals surface area contributed by atoms with Crippen molar-refractivity contribution in [1.82, 2.24) is 9.97 Å². The van der Waals surface area contributed by atoms with Crippen molar-refractivity contribution in [3.8, 4) is 5.88 Å². The molecule has 2 rings (SSSR count). The van der Waals surface area contributed by atoms with Crippen LogP contribution in [0.1, 0.15) is 27.2 Å². The largest absolute Gasteiger partial charge is 0.468 e. The maximum Gasteiger partial charge on any atom is 0.311 e. The van der Waals surface area contributed by atoms with Crippen LogP contribution in [0.25, 0.3) is 11.0 Å². The van der Waals surface area contributed by atoms with Gasteiger partial charge < -0.3 is 9.72 Å². The number of ether oxygens (including phenoxy) is 1. The van der Waals surface area contributed by atoms with Crippen molar-refractivity contribution in [1.29, 1.82) is 0 Å². The molecule has 1 aromatic carbocycles. The summed E-state index contributed by atoms with van der Waals surface area (Å²) in [5.74, 6) is 0.135. The Labute approximate surface area is 99.7 Å². The first kappa shape index (κ1) is 11.6. The Kier molecular flexibility index (Phi) is 2.88. The molecule has 1 aromatic heterocycles. The van der Waals surface area contributed by atoms with Crippen molar-refractivity contribution in [2.75, 3.05) is 0 Å². The zero-order chi connectivity index (χ0) is 12.5. The molecule has 0 aliphatic carbocycles. The molecule has 0 aliphatic heterocycles. The highest BCUT2D eigenvalue weighted by atomic mass is 16.5. The van der Waals surface area contributed by atoms with Gasteiger partial charge in [-0.2, -0.15) is 0 Å². The molecule has 0 amide bonds. The summed E-state index contributed by atoms with van der Waals surface area (Å²) in [5.41, 5.74) is 0.779. The molecule has 0 spiro atoms. The third-order valence-electron chi connectivity index (χ3n) is 2.79. The topological polar surface area (TPSA) is 55.0 Å². The van der Waals surface area contributed by atoms with Crippen molar-refractivity contribution >= 4 is 11.0 Å². The van der Waals surface area contributed by atoms with Crippen molar-refractivity contribution in [2.24, 2.45) is 0 Å². The normalized spacial score (nSPS) is 11.7. The maximum absolute atomic E-state index is 11.8. The average molecular weight is 232 g/mol. The monoisotopic (exact) mass is 232 g/mol. The van der Waals surface area contributed by atoms with E-state index in [1.165, 1.54) is 0 Å². The fourth-order valence-electron chi connectivity index (χ4n) is 1.42. The quantitative estimate of drug-likeness (QED) is 0.884. The van der Waals surface area contributed by atoms with Gasteiger partial charge in [0.1, 0.15) is 5.60 Å². The van der Waals surface area contributed by atoms with E-state index in [1.807, 2.05) is 45.0 Å². The van der Waals surface area contributed by atoms with E-state index in [9.17, 15) is 4.79 Å². The highest BCUT2D eigenvalue weighted by Crippen LogP contribution is 2.17. The second kappa shape index (κ2) is 4.20. The number of nitrogens with zero attached hydrogens (tertiary/aromatic N) is 1. The second-order valence-corrected chi connectivity index (χ2v) is 4.60. The number of H-pyrrole nitrogens is 1. The van der Waals surface area contributed by atoms with E-state index in [0.29, 0.717) is 0 Å². The molecule has 17 heavy (non-hydrogen) atoms. The Morgan fingerprint density at radius 2 is 2.06 bits per heavy atom. The maximum atomic E-state index is 11.8. The lowest BCUT2D eigenvalue weighted by molar-refractivity contribution is 0.0973. The van der Waals surface area contributed by atoms with Crippen molar-refractivity contribution in [2.45, 2.75) is 32.8 Å². The summed E-state index contributed by atoms with van der Waals surface area (Å²) in [6, 6.07) is 7.40. The molecule has 90 valence electrons. The van der Waals surface area contributed by atoms with E-state index in [4.69, 9.17) is 4.74 Å².